The highest BCUT2D eigenvalue weighted by molar-refractivity contribution is 7.86. The fourth-order valence-corrected chi connectivity index (χ4v) is 6.45. The van der Waals surface area contributed by atoms with Crippen molar-refractivity contribution in [2.45, 2.75) is 68.8 Å². The largest absolute Gasteiger partial charge is 0.457 e. The second-order valence-electron chi connectivity index (χ2n) is 12.4. The minimum absolute atomic E-state index is 0.0527. The quantitative estimate of drug-likeness (QED) is 0.0680. The standard InChI is InChI=1S/C41H45NO11S/c1-3-25-47-40-39(49-27-32-15-9-5-10-16-32)38(48-26-31-13-7-4-8-14-31)37(35(52-40)29-51-54(45,46)34-21-19-30(2)20-22-34)53-36(43)23-24-42-41(44)50-28-33-17-11-6-12-18-33/h3-22,35,37-40H,1,23-29H2,2H3,(H,42,44)/t35-,37-,38+,39-,40+/m1/s1. The lowest BCUT2D eigenvalue weighted by Gasteiger charge is -2.45. The first-order valence-corrected chi connectivity index (χ1v) is 18.9. The summed E-state index contributed by atoms with van der Waals surface area (Å²) in [5.41, 5.74) is 3.36. The Balaban J connectivity index is 1.37. The molecule has 4 aromatic carbocycles. The summed E-state index contributed by atoms with van der Waals surface area (Å²) in [7, 11) is -4.26. The fourth-order valence-electron chi connectivity index (χ4n) is 5.53. The molecule has 0 aromatic heterocycles. The highest BCUT2D eigenvalue weighted by atomic mass is 32.2. The van der Waals surface area contributed by atoms with E-state index in [-0.39, 0.29) is 44.3 Å². The first-order valence-electron chi connectivity index (χ1n) is 17.5. The molecule has 12 nitrogen and oxygen atoms in total. The summed E-state index contributed by atoms with van der Waals surface area (Å²) in [5.74, 6) is -0.723. The number of ether oxygens (including phenoxy) is 6. The van der Waals surface area contributed by atoms with Crippen LogP contribution in [0.15, 0.2) is 133 Å². The summed E-state index contributed by atoms with van der Waals surface area (Å²) in [4.78, 5) is 25.8. The van der Waals surface area contributed by atoms with E-state index < -0.39 is 59.5 Å². The molecule has 1 heterocycles. The molecule has 0 bridgehead atoms. The van der Waals surface area contributed by atoms with Gasteiger partial charge in [0.25, 0.3) is 10.1 Å². The number of amides is 1. The van der Waals surface area contributed by atoms with Crippen molar-refractivity contribution in [1.82, 2.24) is 5.32 Å². The SMILES string of the molecule is C=CCO[C@H]1O[C@H](COS(=O)(=O)c2ccc(C)cc2)[C@@H](OC(=O)CCNC(=O)OCc2ccccc2)[C@H](OCc2ccccc2)[C@H]1OCc1ccccc1. The topological polar surface area (TPSA) is 145 Å². The predicted molar refractivity (Wildman–Crippen MR) is 198 cm³/mol. The van der Waals surface area contributed by atoms with Gasteiger partial charge in [-0.25, -0.2) is 4.79 Å². The molecule has 0 aliphatic carbocycles. The Morgan fingerprint density at radius 2 is 1.30 bits per heavy atom. The van der Waals surface area contributed by atoms with E-state index in [9.17, 15) is 18.0 Å². The van der Waals surface area contributed by atoms with E-state index in [4.69, 9.17) is 32.6 Å². The zero-order valence-corrected chi connectivity index (χ0v) is 30.8. The Hall–Kier alpha value is -4.89. The summed E-state index contributed by atoms with van der Waals surface area (Å²) >= 11 is 0. The highest BCUT2D eigenvalue weighted by Crippen LogP contribution is 2.32. The third kappa shape index (κ3) is 12.3. The highest BCUT2D eigenvalue weighted by Gasteiger charge is 2.50. The van der Waals surface area contributed by atoms with Gasteiger partial charge in [0.05, 0.1) is 37.7 Å². The number of nitrogens with one attached hydrogen (secondary N) is 1. The van der Waals surface area contributed by atoms with Gasteiger partial charge in [0.1, 0.15) is 24.9 Å². The molecular formula is C41H45NO11S. The summed E-state index contributed by atoms with van der Waals surface area (Å²) in [5, 5.41) is 2.55. The number of carbonyl (C=O) groups is 2. The van der Waals surface area contributed by atoms with Crippen LogP contribution in [0.3, 0.4) is 0 Å². The molecule has 4 aromatic rings. The van der Waals surface area contributed by atoms with Crippen molar-refractivity contribution in [2.75, 3.05) is 19.8 Å². The minimum atomic E-state index is -4.26. The van der Waals surface area contributed by atoms with Crippen LogP contribution >= 0.6 is 0 Å². The molecule has 1 N–H and O–H groups in total. The van der Waals surface area contributed by atoms with E-state index in [0.717, 1.165) is 22.3 Å². The molecule has 0 unspecified atom stereocenters. The van der Waals surface area contributed by atoms with Crippen LogP contribution in [0, 0.1) is 6.92 Å². The molecule has 54 heavy (non-hydrogen) atoms. The number of benzene rings is 4. The normalized spacial score (nSPS) is 19.8. The number of alkyl carbamates (subject to hydrolysis) is 1. The van der Waals surface area contributed by atoms with E-state index in [1.807, 2.05) is 97.9 Å². The molecule has 5 atom stereocenters. The molecule has 1 fully saturated rings. The molecule has 1 aliphatic rings. The fraction of sp³-hybridized carbons (Fsp3) is 0.317. The summed E-state index contributed by atoms with van der Waals surface area (Å²) in [6.07, 6.45) is -4.99. The second-order valence-corrected chi connectivity index (χ2v) is 14.0. The molecule has 0 spiro atoms. The summed E-state index contributed by atoms with van der Waals surface area (Å²) < 4.78 is 68.6. The van der Waals surface area contributed by atoms with Gasteiger partial charge in [0.2, 0.25) is 0 Å². The minimum Gasteiger partial charge on any atom is -0.457 e. The van der Waals surface area contributed by atoms with Crippen molar-refractivity contribution >= 4 is 22.2 Å². The molecule has 0 saturated carbocycles. The van der Waals surface area contributed by atoms with Crippen molar-refractivity contribution in [2.24, 2.45) is 0 Å². The number of rotatable bonds is 19. The number of hydrogen-bond acceptors (Lipinski definition) is 11. The molecule has 1 aliphatic heterocycles. The lowest BCUT2D eigenvalue weighted by atomic mass is 9.98. The summed E-state index contributed by atoms with van der Waals surface area (Å²) in [6, 6.07) is 34.2. The van der Waals surface area contributed by atoms with E-state index in [0.29, 0.717) is 0 Å². The molecule has 5 rings (SSSR count). The molecule has 0 radical (unpaired) electrons. The van der Waals surface area contributed by atoms with Gasteiger partial charge in [-0.1, -0.05) is 115 Å². The van der Waals surface area contributed by atoms with E-state index in [2.05, 4.69) is 11.9 Å². The zero-order chi connectivity index (χ0) is 38.2. The Bertz CT molecular complexity index is 1860. The average molecular weight is 760 g/mol. The van der Waals surface area contributed by atoms with Gasteiger partial charge >= 0.3 is 12.1 Å². The van der Waals surface area contributed by atoms with Crippen molar-refractivity contribution in [3.05, 3.63) is 150 Å². The van der Waals surface area contributed by atoms with Crippen LogP contribution in [0.25, 0.3) is 0 Å². The van der Waals surface area contributed by atoms with Crippen LogP contribution in [0.4, 0.5) is 4.79 Å². The van der Waals surface area contributed by atoms with Crippen LogP contribution < -0.4 is 5.32 Å². The van der Waals surface area contributed by atoms with Crippen LogP contribution in [-0.2, 0) is 67.3 Å². The molecule has 1 amide bonds. The summed E-state index contributed by atoms with van der Waals surface area (Å²) in [6.45, 7) is 5.27. The van der Waals surface area contributed by atoms with Gasteiger partial charge in [-0.2, -0.15) is 8.42 Å². The number of hydrogen-bond donors (Lipinski definition) is 1. The van der Waals surface area contributed by atoms with Crippen molar-refractivity contribution in [3.8, 4) is 0 Å². The third-order valence-electron chi connectivity index (χ3n) is 8.32. The first kappa shape index (κ1) is 40.3. The zero-order valence-electron chi connectivity index (χ0n) is 30.0. The molecule has 1 saturated heterocycles. The second kappa shape index (κ2) is 20.5. The van der Waals surface area contributed by atoms with Crippen LogP contribution in [0.1, 0.15) is 28.7 Å². The molecule has 286 valence electrons. The van der Waals surface area contributed by atoms with Gasteiger partial charge < -0.3 is 33.7 Å². The number of esters is 1. The van der Waals surface area contributed by atoms with Crippen molar-refractivity contribution < 1.29 is 50.6 Å². The number of aryl methyl sites for hydroxylation is 1. The Kier molecular flexibility index (Phi) is 15.3. The Morgan fingerprint density at radius 1 is 0.741 bits per heavy atom. The maximum atomic E-state index is 13.5. The van der Waals surface area contributed by atoms with E-state index in [1.165, 1.54) is 18.2 Å². The van der Waals surface area contributed by atoms with Crippen LogP contribution in [-0.4, -0.2) is 70.9 Å². The van der Waals surface area contributed by atoms with Crippen molar-refractivity contribution in [3.63, 3.8) is 0 Å². The number of carbonyl (C=O) groups excluding carboxylic acids is 2. The molecular weight excluding hydrogens is 715 g/mol. The maximum absolute atomic E-state index is 13.5. The lowest BCUT2D eigenvalue weighted by Crippen LogP contribution is -2.62. The predicted octanol–water partition coefficient (Wildman–Crippen LogP) is 6.03. The molecule has 13 heteroatoms. The third-order valence-corrected chi connectivity index (χ3v) is 9.61. The van der Waals surface area contributed by atoms with Gasteiger partial charge in [0, 0.05) is 6.54 Å². The van der Waals surface area contributed by atoms with Gasteiger partial charge in [-0.15, -0.1) is 6.58 Å². The average Bonchev–Trinajstić information content (AvgIpc) is 3.19. The smallest absolute Gasteiger partial charge is 0.407 e. The maximum Gasteiger partial charge on any atom is 0.407 e. The monoisotopic (exact) mass is 759 g/mol. The van der Waals surface area contributed by atoms with Crippen LogP contribution in [0.2, 0.25) is 0 Å². The Labute approximate surface area is 316 Å². The van der Waals surface area contributed by atoms with E-state index >= 15 is 0 Å². The van der Waals surface area contributed by atoms with Gasteiger partial charge in [0.15, 0.2) is 12.4 Å². The van der Waals surface area contributed by atoms with Crippen molar-refractivity contribution in [1.29, 1.82) is 0 Å². The lowest BCUT2D eigenvalue weighted by molar-refractivity contribution is -0.318. The van der Waals surface area contributed by atoms with Gasteiger partial charge in [-0.05, 0) is 35.7 Å². The van der Waals surface area contributed by atoms with Crippen LogP contribution in [0.5, 0.6) is 0 Å². The van der Waals surface area contributed by atoms with E-state index in [1.54, 1.807) is 12.1 Å². The Morgan fingerprint density at radius 3 is 1.87 bits per heavy atom. The van der Waals surface area contributed by atoms with Gasteiger partial charge in [-0.3, -0.25) is 8.98 Å². The first-order chi connectivity index (χ1) is 26.2.